The maximum Gasteiger partial charge on any atom is 0.410 e. The number of aliphatic carboxylic acids is 1. The molecule has 12 nitrogen and oxygen atoms in total. The average Bonchev–Trinajstić information content (AvgIpc) is 3.28. The number of likely N-dealkylation sites (N-methyl/N-ethyl adjacent to an activating group) is 2. The highest BCUT2D eigenvalue weighted by Gasteiger charge is 2.46. The van der Waals surface area contributed by atoms with Crippen LogP contribution in [0.15, 0.2) is 42.1 Å². The van der Waals surface area contributed by atoms with Gasteiger partial charge in [0.1, 0.15) is 24.2 Å². The van der Waals surface area contributed by atoms with Gasteiger partial charge in [-0.2, -0.15) is 0 Å². The number of hydrogen-bond acceptors (Lipinski definition) is 6. The molecule has 46 heavy (non-hydrogen) atoms. The third-order valence-corrected chi connectivity index (χ3v) is 7.80. The summed E-state index contributed by atoms with van der Waals surface area (Å²) in [5.74, 6) is -2.67. The number of para-hydroxylation sites is 1. The van der Waals surface area contributed by atoms with Crippen molar-refractivity contribution in [2.75, 3.05) is 27.2 Å². The molecule has 1 aromatic carbocycles. The smallest absolute Gasteiger partial charge is 0.410 e. The zero-order chi connectivity index (χ0) is 35.4. The fraction of sp³-hybridized carbons (Fsp3) is 0.559. The number of nitrogens with one attached hydrogen (secondary N) is 2. The molecule has 2 atom stereocenters. The Morgan fingerprint density at radius 1 is 1.00 bits per heavy atom. The van der Waals surface area contributed by atoms with Gasteiger partial charge in [-0.1, -0.05) is 58.9 Å². The number of carbonyl (C=O) groups excluding carboxylic acids is 4. The molecule has 4 amide bonds. The normalized spacial score (nSPS) is 13.9. The molecule has 12 heteroatoms. The highest BCUT2D eigenvalue weighted by Crippen LogP contribution is 2.37. The van der Waals surface area contributed by atoms with Gasteiger partial charge < -0.3 is 29.9 Å². The number of carbonyl (C=O) groups is 5. The quantitative estimate of drug-likeness (QED) is 0.316. The Labute approximate surface area is 272 Å². The predicted molar refractivity (Wildman–Crippen MR) is 177 cm³/mol. The number of hydrogen-bond donors (Lipinski definition) is 3. The predicted octanol–water partition coefficient (Wildman–Crippen LogP) is 3.83. The molecule has 0 aliphatic carbocycles. The highest BCUT2D eigenvalue weighted by molar-refractivity contribution is 5.95. The highest BCUT2D eigenvalue weighted by atomic mass is 16.6. The van der Waals surface area contributed by atoms with E-state index in [4.69, 9.17) is 9.84 Å². The van der Waals surface area contributed by atoms with E-state index in [2.05, 4.69) is 10.6 Å². The van der Waals surface area contributed by atoms with E-state index in [1.807, 2.05) is 76.7 Å². The van der Waals surface area contributed by atoms with Crippen LogP contribution in [0, 0.1) is 5.41 Å². The maximum absolute atomic E-state index is 14.4. The number of fused-ring (bicyclic) bond motifs is 1. The second kappa shape index (κ2) is 14.4. The first-order valence-electron chi connectivity index (χ1n) is 15.2. The van der Waals surface area contributed by atoms with Crippen LogP contribution in [0.3, 0.4) is 0 Å². The SMILES string of the molecule is C/C(=C\CN(C)C(=O)C(NC(=O)[C@@H](N(C)C(=O)OC(C)(C)C)C(C)(C)c1cn(C)c2ccccc12)C(C)(C)C)C(=O)NCC(=O)O. The summed E-state index contributed by atoms with van der Waals surface area (Å²) in [7, 11) is 5.00. The Hall–Kier alpha value is -4.35. The number of carboxylic acid groups (broad SMARTS) is 1. The Kier molecular flexibility index (Phi) is 11.8. The fourth-order valence-electron chi connectivity index (χ4n) is 5.27. The summed E-state index contributed by atoms with van der Waals surface area (Å²) in [4.78, 5) is 67.3. The molecule has 0 bridgehead atoms. The molecule has 254 valence electrons. The van der Waals surface area contributed by atoms with Crippen LogP contribution in [0.1, 0.15) is 67.9 Å². The Morgan fingerprint density at radius 2 is 1.59 bits per heavy atom. The van der Waals surface area contributed by atoms with E-state index in [1.165, 1.54) is 29.8 Å². The van der Waals surface area contributed by atoms with Gasteiger partial charge in [0, 0.05) is 55.8 Å². The first-order valence-corrected chi connectivity index (χ1v) is 15.2. The van der Waals surface area contributed by atoms with Crippen LogP contribution in [0.5, 0.6) is 0 Å². The van der Waals surface area contributed by atoms with E-state index in [1.54, 1.807) is 27.8 Å². The van der Waals surface area contributed by atoms with Crippen molar-refractivity contribution >= 4 is 40.7 Å². The molecule has 0 aliphatic rings. The summed E-state index contributed by atoms with van der Waals surface area (Å²) < 4.78 is 7.65. The Morgan fingerprint density at radius 3 is 2.13 bits per heavy atom. The van der Waals surface area contributed by atoms with Crippen molar-refractivity contribution in [3.8, 4) is 0 Å². The zero-order valence-corrected chi connectivity index (χ0v) is 29.3. The van der Waals surface area contributed by atoms with E-state index in [0.29, 0.717) is 0 Å². The van der Waals surface area contributed by atoms with Gasteiger partial charge in [-0.25, -0.2) is 4.79 Å². The maximum atomic E-state index is 14.4. The number of rotatable bonds is 11. The summed E-state index contributed by atoms with van der Waals surface area (Å²) >= 11 is 0. The first kappa shape index (κ1) is 37.8. The average molecular weight is 642 g/mol. The minimum Gasteiger partial charge on any atom is -0.480 e. The van der Waals surface area contributed by atoms with E-state index < -0.39 is 64.8 Å². The number of nitrogens with zero attached hydrogens (tertiary/aromatic N) is 3. The van der Waals surface area contributed by atoms with Gasteiger partial charge in [-0.05, 0) is 44.7 Å². The molecule has 0 saturated heterocycles. The van der Waals surface area contributed by atoms with Crippen LogP contribution in [0.2, 0.25) is 0 Å². The van der Waals surface area contributed by atoms with Crippen molar-refractivity contribution in [1.29, 1.82) is 0 Å². The molecule has 0 fully saturated rings. The summed E-state index contributed by atoms with van der Waals surface area (Å²) in [6, 6.07) is 5.73. The monoisotopic (exact) mass is 641 g/mol. The lowest BCUT2D eigenvalue weighted by Gasteiger charge is -2.41. The van der Waals surface area contributed by atoms with Crippen molar-refractivity contribution in [2.24, 2.45) is 12.5 Å². The van der Waals surface area contributed by atoms with Gasteiger partial charge >= 0.3 is 12.1 Å². The van der Waals surface area contributed by atoms with Crippen molar-refractivity contribution < 1.29 is 33.8 Å². The molecule has 0 aliphatic heterocycles. The molecule has 1 aromatic heterocycles. The number of carboxylic acids is 1. The van der Waals surface area contributed by atoms with Gasteiger partial charge in [0.05, 0.1) is 0 Å². The molecule has 1 unspecified atom stereocenters. The molecule has 0 saturated carbocycles. The lowest BCUT2D eigenvalue weighted by atomic mass is 9.76. The van der Waals surface area contributed by atoms with Crippen LogP contribution in [0.25, 0.3) is 10.9 Å². The Bertz CT molecular complexity index is 1490. The number of amides is 4. The molecular formula is C34H51N5O7. The third kappa shape index (κ3) is 9.34. The molecule has 0 spiro atoms. The van der Waals surface area contributed by atoms with Gasteiger partial charge in [-0.15, -0.1) is 0 Å². The second-order valence-electron chi connectivity index (χ2n) is 14.4. The number of aryl methyl sites for hydroxylation is 1. The van der Waals surface area contributed by atoms with Crippen molar-refractivity contribution in [3.05, 3.63) is 47.7 Å². The number of ether oxygens (including phenoxy) is 1. The minimum absolute atomic E-state index is 0.0380. The summed E-state index contributed by atoms with van der Waals surface area (Å²) in [6.07, 6.45) is 2.78. The van der Waals surface area contributed by atoms with Gasteiger partial charge in [0.2, 0.25) is 17.7 Å². The summed E-state index contributed by atoms with van der Waals surface area (Å²) in [5.41, 5.74) is -0.437. The number of aromatic nitrogens is 1. The van der Waals surface area contributed by atoms with Gasteiger partial charge in [0.25, 0.3) is 0 Å². The van der Waals surface area contributed by atoms with E-state index >= 15 is 0 Å². The lowest BCUT2D eigenvalue weighted by molar-refractivity contribution is -0.140. The molecule has 1 heterocycles. The van der Waals surface area contributed by atoms with E-state index in [9.17, 15) is 24.0 Å². The molecular weight excluding hydrogens is 590 g/mol. The molecule has 3 N–H and O–H groups in total. The fourth-order valence-corrected chi connectivity index (χ4v) is 5.27. The second-order valence-corrected chi connectivity index (χ2v) is 14.4. The van der Waals surface area contributed by atoms with Crippen LogP contribution in [-0.4, -0.2) is 94.1 Å². The molecule has 2 rings (SSSR count). The van der Waals surface area contributed by atoms with Crippen molar-refractivity contribution in [1.82, 2.24) is 25.0 Å². The first-order chi connectivity index (χ1) is 21.0. The van der Waals surface area contributed by atoms with Crippen LogP contribution >= 0.6 is 0 Å². The molecule has 0 radical (unpaired) electrons. The zero-order valence-electron chi connectivity index (χ0n) is 29.3. The minimum atomic E-state index is -1.17. The topological polar surface area (TPSA) is 150 Å². The molecule has 2 aromatic rings. The van der Waals surface area contributed by atoms with Crippen molar-refractivity contribution in [2.45, 2.75) is 85.4 Å². The van der Waals surface area contributed by atoms with E-state index in [-0.39, 0.29) is 12.1 Å². The van der Waals surface area contributed by atoms with Gasteiger partial charge in [0.15, 0.2) is 0 Å². The standard InChI is InChI=1S/C34H51N5O7/c1-21(28(42)35-19-25(40)41)17-18-37(10)30(44)26(32(2,3)4)36-29(43)27(39(12)31(45)46-33(5,6)7)34(8,9)23-20-38(11)24-16-14-13-15-22(23)24/h13-17,20,26-27H,18-19H2,1-12H3,(H,35,42)(H,36,43)(H,40,41)/b21-17+/t26?,27-/m1/s1. The summed E-state index contributed by atoms with van der Waals surface area (Å²) in [6.45, 7) is 15.5. The van der Waals surface area contributed by atoms with E-state index in [0.717, 1.165) is 16.5 Å². The summed E-state index contributed by atoms with van der Waals surface area (Å²) in [5, 5.41) is 15.0. The Balaban J connectivity index is 2.50. The lowest BCUT2D eigenvalue weighted by Crippen LogP contribution is -2.62. The largest absolute Gasteiger partial charge is 0.480 e. The van der Waals surface area contributed by atoms with Crippen LogP contribution in [-0.2, 0) is 36.4 Å². The number of benzene rings is 1. The van der Waals surface area contributed by atoms with Crippen LogP contribution < -0.4 is 10.6 Å². The van der Waals surface area contributed by atoms with Crippen LogP contribution in [0.4, 0.5) is 4.79 Å². The van der Waals surface area contributed by atoms with Crippen molar-refractivity contribution in [3.63, 3.8) is 0 Å². The third-order valence-electron chi connectivity index (χ3n) is 7.80. The van der Waals surface area contributed by atoms with Gasteiger partial charge in [-0.3, -0.25) is 24.1 Å².